The van der Waals surface area contributed by atoms with E-state index >= 15 is 0 Å². The normalized spacial score (nSPS) is 13.8. The van der Waals surface area contributed by atoms with Gasteiger partial charge in [-0.15, -0.1) is 8.78 Å². The van der Waals surface area contributed by atoms with Gasteiger partial charge in [-0.2, -0.15) is 0 Å². The molecule has 4 amide bonds. The molecule has 3 aromatic carbocycles. The van der Waals surface area contributed by atoms with Crippen LogP contribution in [0.3, 0.4) is 0 Å². The van der Waals surface area contributed by atoms with E-state index in [2.05, 4.69) is 40.7 Å². The SMILES string of the molecule is CCc1c(-c2ccc(C(=O)NCCC(=O)NCCOCCOCCNC(=O)c3cccc(-c4nc(NC(=O)C5(c6ccc7c(c6)OC(F)(F)O7)CC5)ccc4C)c3)nc2)cnc(N)c1-c1ccc(O)cc1. The maximum Gasteiger partial charge on any atom is 0.586 e. The minimum atomic E-state index is -3.76. The standard InChI is InChI=1S/C52H52F2N8O9/c1-3-38-39(30-60-47(55)45(38)32-8-12-37(63)13-9-32)35-10-14-40(59-29-35)49(66)57-20-17-44(64)56-21-23-68-25-26-69-24-22-58-48(65)34-6-4-5-33(27-34)46-31(2)7-16-43(61-46)62-50(67)51(18-19-51)36-11-15-41-42(28-36)71-52(53,54)70-41/h4-16,27-30,63H,3,17-26H2,1-2H3,(H2,55,60)(H,56,64)(H,57,66)(H,58,65)(H,61,62,67). The number of phenols is 1. The van der Waals surface area contributed by atoms with E-state index in [9.17, 15) is 33.1 Å². The zero-order valence-corrected chi connectivity index (χ0v) is 39.0. The highest BCUT2D eigenvalue weighted by molar-refractivity contribution is 6.01. The van der Waals surface area contributed by atoms with Crippen LogP contribution in [-0.2, 0) is 30.9 Å². The molecule has 0 bridgehead atoms. The van der Waals surface area contributed by atoms with Gasteiger partial charge in [0.15, 0.2) is 11.5 Å². The zero-order chi connectivity index (χ0) is 50.1. The number of benzene rings is 3. The van der Waals surface area contributed by atoms with Crippen molar-refractivity contribution in [1.82, 2.24) is 30.9 Å². The molecule has 0 saturated heterocycles. The monoisotopic (exact) mass is 970 g/mol. The molecule has 2 aliphatic rings. The Hall–Kier alpha value is -8.03. The molecule has 19 heteroatoms. The molecular formula is C52H52F2N8O9. The number of nitrogens with one attached hydrogen (secondary N) is 4. The third-order valence-corrected chi connectivity index (χ3v) is 12.0. The number of hydrogen-bond donors (Lipinski definition) is 6. The van der Waals surface area contributed by atoms with Crippen molar-refractivity contribution >= 4 is 35.3 Å². The van der Waals surface area contributed by atoms with Crippen molar-refractivity contribution in [2.24, 2.45) is 0 Å². The lowest BCUT2D eigenvalue weighted by Gasteiger charge is -2.17. The summed E-state index contributed by atoms with van der Waals surface area (Å²) >= 11 is 0. The molecule has 0 radical (unpaired) electrons. The Labute approximate surface area is 407 Å². The molecule has 17 nitrogen and oxygen atoms in total. The maximum absolute atomic E-state index is 13.6. The number of pyridine rings is 3. The number of rotatable bonds is 21. The second-order valence-corrected chi connectivity index (χ2v) is 16.9. The first-order chi connectivity index (χ1) is 34.2. The van der Waals surface area contributed by atoms with Crippen LogP contribution in [-0.4, -0.2) is 96.0 Å². The zero-order valence-electron chi connectivity index (χ0n) is 39.0. The summed E-state index contributed by atoms with van der Waals surface area (Å²) in [5, 5.41) is 20.9. The van der Waals surface area contributed by atoms with E-state index in [4.69, 9.17) is 20.2 Å². The number of phenolic OH excluding ortho intramolecular Hbond substituents is 1. The number of carbonyl (C=O) groups is 4. The van der Waals surface area contributed by atoms with E-state index in [0.29, 0.717) is 53.3 Å². The number of aromatic nitrogens is 3. The van der Waals surface area contributed by atoms with Gasteiger partial charge in [0.25, 0.3) is 11.8 Å². The lowest BCUT2D eigenvalue weighted by Crippen LogP contribution is -2.32. The molecule has 3 aromatic heterocycles. The summed E-state index contributed by atoms with van der Waals surface area (Å²) < 4.78 is 47.4. The number of ether oxygens (including phenoxy) is 4. The smallest absolute Gasteiger partial charge is 0.508 e. The van der Waals surface area contributed by atoms with Crippen LogP contribution >= 0.6 is 0 Å². The highest BCUT2D eigenvalue weighted by Crippen LogP contribution is 2.52. The van der Waals surface area contributed by atoms with Crippen LogP contribution in [0.1, 0.15) is 63.7 Å². The number of carbonyl (C=O) groups excluding carboxylic acids is 4. The minimum absolute atomic E-state index is 0.0618. The lowest BCUT2D eigenvalue weighted by molar-refractivity contribution is -0.286. The molecule has 8 rings (SSSR count). The first kappa shape index (κ1) is 49.4. The Morgan fingerprint density at radius 2 is 1.48 bits per heavy atom. The highest BCUT2D eigenvalue weighted by atomic mass is 19.3. The topological polar surface area (TPSA) is 238 Å². The molecule has 71 heavy (non-hydrogen) atoms. The van der Waals surface area contributed by atoms with E-state index < -0.39 is 17.6 Å². The lowest BCUT2D eigenvalue weighted by atomic mass is 9.92. The van der Waals surface area contributed by atoms with Crippen LogP contribution in [0.15, 0.2) is 103 Å². The molecule has 0 spiro atoms. The van der Waals surface area contributed by atoms with Gasteiger partial charge in [0.05, 0.1) is 37.5 Å². The Kier molecular flexibility index (Phi) is 15.1. The summed E-state index contributed by atoms with van der Waals surface area (Å²) in [5.41, 5.74) is 12.7. The number of fused-ring (bicyclic) bond motifs is 1. The van der Waals surface area contributed by atoms with Crippen molar-refractivity contribution in [3.63, 3.8) is 0 Å². The molecule has 1 aliphatic carbocycles. The summed E-state index contributed by atoms with van der Waals surface area (Å²) in [6, 6.07) is 25.0. The van der Waals surface area contributed by atoms with Gasteiger partial charge in [0, 0.05) is 66.3 Å². The summed E-state index contributed by atoms with van der Waals surface area (Å²) in [5.74, 6) is -0.704. The average molecular weight is 971 g/mol. The Morgan fingerprint density at radius 1 is 0.761 bits per heavy atom. The summed E-state index contributed by atoms with van der Waals surface area (Å²) in [4.78, 5) is 65.2. The first-order valence-corrected chi connectivity index (χ1v) is 23.1. The number of amides is 4. The number of halogens is 2. The molecular weight excluding hydrogens is 919 g/mol. The van der Waals surface area contributed by atoms with E-state index in [-0.39, 0.29) is 93.1 Å². The molecule has 1 fully saturated rings. The molecule has 4 heterocycles. The number of nitrogens with zero attached hydrogens (tertiary/aromatic N) is 3. The number of nitrogens with two attached hydrogens (primary N) is 1. The molecule has 6 aromatic rings. The van der Waals surface area contributed by atoms with Gasteiger partial charge in [0.1, 0.15) is 23.1 Å². The van der Waals surface area contributed by atoms with Crippen LogP contribution in [0.25, 0.3) is 33.5 Å². The molecule has 368 valence electrons. The van der Waals surface area contributed by atoms with E-state index in [1.54, 1.807) is 79.1 Å². The first-order valence-electron chi connectivity index (χ1n) is 23.1. The number of alkyl halides is 2. The van der Waals surface area contributed by atoms with E-state index in [0.717, 1.165) is 33.4 Å². The molecule has 7 N–H and O–H groups in total. The van der Waals surface area contributed by atoms with Gasteiger partial charge >= 0.3 is 6.29 Å². The summed E-state index contributed by atoms with van der Waals surface area (Å²) in [7, 11) is 0. The minimum Gasteiger partial charge on any atom is -0.508 e. The van der Waals surface area contributed by atoms with Gasteiger partial charge in [-0.05, 0) is 97.0 Å². The largest absolute Gasteiger partial charge is 0.586 e. The Bertz CT molecular complexity index is 2930. The third kappa shape index (κ3) is 11.9. The number of aromatic hydroxyl groups is 1. The van der Waals surface area contributed by atoms with E-state index in [1.807, 2.05) is 26.0 Å². The van der Waals surface area contributed by atoms with Gasteiger partial charge in [-0.3, -0.25) is 24.2 Å². The van der Waals surface area contributed by atoms with Crippen molar-refractivity contribution in [2.45, 2.75) is 51.2 Å². The number of hydrogen-bond acceptors (Lipinski definition) is 13. The second kappa shape index (κ2) is 21.7. The number of anilines is 2. The maximum atomic E-state index is 13.6. The van der Waals surface area contributed by atoms with Gasteiger partial charge in [-0.1, -0.05) is 49.4 Å². The van der Waals surface area contributed by atoms with Crippen LogP contribution in [0.4, 0.5) is 20.4 Å². The fraction of sp³-hybridized carbons (Fsp3) is 0.288. The molecule has 1 aliphatic heterocycles. The number of nitrogen functional groups attached to an aromatic ring is 1. The van der Waals surface area contributed by atoms with Crippen LogP contribution in [0.2, 0.25) is 0 Å². The van der Waals surface area contributed by atoms with Crippen LogP contribution < -0.4 is 36.5 Å². The predicted molar refractivity (Wildman–Crippen MR) is 259 cm³/mol. The highest BCUT2D eigenvalue weighted by Gasteiger charge is 2.53. The van der Waals surface area contributed by atoms with E-state index in [1.165, 1.54) is 12.1 Å². The molecule has 0 atom stereocenters. The average Bonchev–Trinajstić information content (AvgIpc) is 4.12. The van der Waals surface area contributed by atoms with Crippen molar-refractivity contribution < 1.29 is 52.0 Å². The molecule has 0 unspecified atom stereocenters. The van der Waals surface area contributed by atoms with Gasteiger partial charge < -0.3 is 51.1 Å². The summed E-state index contributed by atoms with van der Waals surface area (Å²) in [6.45, 7) is 5.54. The Morgan fingerprint density at radius 3 is 2.20 bits per heavy atom. The van der Waals surface area contributed by atoms with Gasteiger partial charge in [-0.25, -0.2) is 9.97 Å². The predicted octanol–water partition coefficient (Wildman–Crippen LogP) is 6.72. The van der Waals surface area contributed by atoms with Gasteiger partial charge in [0.2, 0.25) is 11.8 Å². The summed E-state index contributed by atoms with van der Waals surface area (Å²) in [6.07, 6.45) is 1.29. The van der Waals surface area contributed by atoms with Crippen molar-refractivity contribution in [3.8, 4) is 50.8 Å². The third-order valence-electron chi connectivity index (χ3n) is 12.0. The Balaban J connectivity index is 0.696. The molecule has 1 saturated carbocycles. The van der Waals surface area contributed by atoms with Crippen molar-refractivity contribution in [3.05, 3.63) is 131 Å². The van der Waals surface area contributed by atoms with Crippen LogP contribution in [0.5, 0.6) is 17.2 Å². The van der Waals surface area contributed by atoms with Crippen molar-refractivity contribution in [2.75, 3.05) is 57.1 Å². The quantitative estimate of drug-likeness (QED) is 0.0411. The fourth-order valence-electron chi connectivity index (χ4n) is 8.16. The van der Waals surface area contributed by atoms with Crippen LogP contribution in [0, 0.1) is 6.92 Å². The fourth-order valence-corrected chi connectivity index (χ4v) is 8.16. The van der Waals surface area contributed by atoms with Crippen molar-refractivity contribution in [1.29, 1.82) is 0 Å². The number of aryl methyl sites for hydroxylation is 1. The second-order valence-electron chi connectivity index (χ2n) is 16.9.